The molecular weight excluding hydrogens is 224 g/mol. The van der Waals surface area contributed by atoms with E-state index in [1.807, 2.05) is 6.92 Å². The van der Waals surface area contributed by atoms with Crippen molar-refractivity contribution in [2.45, 2.75) is 79.4 Å². The summed E-state index contributed by atoms with van der Waals surface area (Å²) >= 11 is 0. The van der Waals surface area contributed by atoms with Gasteiger partial charge >= 0.3 is 0 Å². The zero-order chi connectivity index (χ0) is 14.4. The average molecular weight is 254 g/mol. The van der Waals surface area contributed by atoms with Gasteiger partial charge in [-0.25, -0.2) is 0 Å². The van der Waals surface area contributed by atoms with Gasteiger partial charge in [0.05, 0.1) is 6.04 Å². The molecule has 0 aromatic rings. The molecule has 3 nitrogen and oxygen atoms in total. The van der Waals surface area contributed by atoms with E-state index < -0.39 is 0 Å². The van der Waals surface area contributed by atoms with Crippen LogP contribution < -0.4 is 10.6 Å². The van der Waals surface area contributed by atoms with Crippen molar-refractivity contribution in [1.29, 1.82) is 0 Å². The lowest BCUT2D eigenvalue weighted by molar-refractivity contribution is -0.124. The Morgan fingerprint density at radius 2 is 1.67 bits per heavy atom. The quantitative estimate of drug-likeness (QED) is 0.792. The summed E-state index contributed by atoms with van der Waals surface area (Å²) in [5.74, 6) is 0.0975. The maximum Gasteiger partial charge on any atom is 0.237 e. The SMILES string of the molecule is CCC(C)(C)NC(=O)C(C)NC1C(C)(C)C1(C)C. The summed E-state index contributed by atoms with van der Waals surface area (Å²) in [5.41, 5.74) is 0.408. The Hall–Kier alpha value is -0.570. The monoisotopic (exact) mass is 254 g/mol. The summed E-state index contributed by atoms with van der Waals surface area (Å²) in [6.45, 7) is 17.2. The van der Waals surface area contributed by atoms with Crippen LogP contribution in [-0.2, 0) is 4.79 Å². The standard InChI is InChI=1S/C15H30N2O/c1-9-13(3,4)17-11(18)10(2)16-12-14(5,6)15(12,7)8/h10,12,16H,9H2,1-8H3,(H,17,18). The van der Waals surface area contributed by atoms with E-state index in [2.05, 4.69) is 59.1 Å². The number of hydrogen-bond acceptors (Lipinski definition) is 2. The highest BCUT2D eigenvalue weighted by Gasteiger charge is 2.65. The second-order valence-electron chi connectivity index (χ2n) is 7.49. The minimum Gasteiger partial charge on any atom is -0.350 e. The maximum absolute atomic E-state index is 12.1. The predicted octanol–water partition coefficient (Wildman–Crippen LogP) is 2.70. The lowest BCUT2D eigenvalue weighted by Crippen LogP contribution is -2.51. The number of carbonyl (C=O) groups excluding carboxylic acids is 1. The molecule has 1 rings (SSSR count). The molecule has 0 saturated heterocycles. The zero-order valence-corrected chi connectivity index (χ0v) is 13.3. The Bertz CT molecular complexity index is 317. The molecule has 106 valence electrons. The summed E-state index contributed by atoms with van der Waals surface area (Å²) in [4.78, 5) is 12.1. The highest BCUT2D eigenvalue weighted by molar-refractivity contribution is 5.82. The van der Waals surface area contributed by atoms with Crippen LogP contribution in [0.1, 0.15) is 61.8 Å². The molecule has 0 bridgehead atoms. The third-order valence-electron chi connectivity index (χ3n) is 5.18. The Morgan fingerprint density at radius 3 is 2.00 bits per heavy atom. The molecule has 0 aromatic carbocycles. The molecule has 1 aliphatic carbocycles. The Balaban J connectivity index is 2.53. The average Bonchev–Trinajstić information content (AvgIpc) is 2.60. The Morgan fingerprint density at radius 1 is 1.22 bits per heavy atom. The number of hydrogen-bond donors (Lipinski definition) is 2. The number of amides is 1. The minimum atomic E-state index is -0.137. The van der Waals surface area contributed by atoms with E-state index in [0.717, 1.165) is 6.42 Å². The van der Waals surface area contributed by atoms with Crippen LogP contribution in [-0.4, -0.2) is 23.5 Å². The fraction of sp³-hybridized carbons (Fsp3) is 0.933. The molecule has 0 radical (unpaired) electrons. The number of carbonyl (C=O) groups is 1. The fourth-order valence-corrected chi connectivity index (χ4v) is 2.47. The van der Waals surface area contributed by atoms with E-state index >= 15 is 0 Å². The van der Waals surface area contributed by atoms with Crippen molar-refractivity contribution < 1.29 is 4.79 Å². The van der Waals surface area contributed by atoms with Gasteiger partial charge in [0.1, 0.15) is 0 Å². The van der Waals surface area contributed by atoms with Gasteiger partial charge < -0.3 is 10.6 Å². The zero-order valence-electron chi connectivity index (χ0n) is 13.3. The van der Waals surface area contributed by atoms with Gasteiger partial charge in [-0.2, -0.15) is 0 Å². The molecule has 1 aliphatic rings. The van der Waals surface area contributed by atoms with Gasteiger partial charge in [-0.05, 0) is 38.0 Å². The van der Waals surface area contributed by atoms with Gasteiger partial charge in [0.2, 0.25) is 5.91 Å². The van der Waals surface area contributed by atoms with Crippen LogP contribution in [0.25, 0.3) is 0 Å². The molecule has 1 fully saturated rings. The minimum absolute atomic E-state index is 0.0975. The van der Waals surface area contributed by atoms with Crippen molar-refractivity contribution in [2.24, 2.45) is 10.8 Å². The molecule has 0 heterocycles. The molecule has 0 aromatic heterocycles. The smallest absolute Gasteiger partial charge is 0.237 e. The van der Waals surface area contributed by atoms with Gasteiger partial charge in [0.25, 0.3) is 0 Å². The van der Waals surface area contributed by atoms with Gasteiger partial charge in [-0.1, -0.05) is 34.6 Å². The van der Waals surface area contributed by atoms with Crippen LogP contribution in [0.5, 0.6) is 0 Å². The molecule has 2 N–H and O–H groups in total. The van der Waals surface area contributed by atoms with Crippen LogP contribution in [0, 0.1) is 10.8 Å². The molecule has 1 atom stereocenters. The van der Waals surface area contributed by atoms with Gasteiger partial charge in [0.15, 0.2) is 0 Å². The molecule has 0 aliphatic heterocycles. The van der Waals surface area contributed by atoms with Crippen molar-refractivity contribution in [3.05, 3.63) is 0 Å². The van der Waals surface area contributed by atoms with Crippen molar-refractivity contribution in [3.8, 4) is 0 Å². The first kappa shape index (κ1) is 15.5. The van der Waals surface area contributed by atoms with Crippen molar-refractivity contribution >= 4 is 5.91 Å². The van der Waals surface area contributed by atoms with Crippen molar-refractivity contribution in [2.75, 3.05) is 0 Å². The third-order valence-corrected chi connectivity index (χ3v) is 5.18. The summed E-state index contributed by atoms with van der Waals surface area (Å²) in [6, 6.07) is 0.275. The fourth-order valence-electron chi connectivity index (χ4n) is 2.47. The lowest BCUT2D eigenvalue weighted by Gasteiger charge is -2.27. The first-order chi connectivity index (χ1) is 7.95. The lowest BCUT2D eigenvalue weighted by atomic mass is 10.0. The molecule has 18 heavy (non-hydrogen) atoms. The van der Waals surface area contributed by atoms with Gasteiger partial charge in [0, 0.05) is 11.6 Å². The molecule has 3 heteroatoms. The van der Waals surface area contributed by atoms with E-state index in [1.54, 1.807) is 0 Å². The largest absolute Gasteiger partial charge is 0.350 e. The molecular formula is C15H30N2O. The number of nitrogens with one attached hydrogen (secondary N) is 2. The highest BCUT2D eigenvalue weighted by Crippen LogP contribution is 2.62. The van der Waals surface area contributed by atoms with Crippen LogP contribution in [0.2, 0.25) is 0 Å². The van der Waals surface area contributed by atoms with Gasteiger partial charge in [-0.3, -0.25) is 4.79 Å². The van der Waals surface area contributed by atoms with Crippen LogP contribution in [0.4, 0.5) is 0 Å². The summed E-state index contributed by atoms with van der Waals surface area (Å²) in [6.07, 6.45) is 0.936. The van der Waals surface area contributed by atoms with E-state index in [-0.39, 0.29) is 28.3 Å². The first-order valence-electron chi connectivity index (χ1n) is 7.04. The number of rotatable bonds is 5. The van der Waals surface area contributed by atoms with E-state index in [0.29, 0.717) is 6.04 Å². The van der Waals surface area contributed by atoms with E-state index in [1.165, 1.54) is 0 Å². The van der Waals surface area contributed by atoms with E-state index in [4.69, 9.17) is 0 Å². The summed E-state index contributed by atoms with van der Waals surface area (Å²) < 4.78 is 0. The van der Waals surface area contributed by atoms with Crippen LogP contribution in [0.15, 0.2) is 0 Å². The molecule has 1 unspecified atom stereocenters. The molecule has 1 saturated carbocycles. The van der Waals surface area contributed by atoms with Gasteiger partial charge in [-0.15, -0.1) is 0 Å². The first-order valence-corrected chi connectivity index (χ1v) is 7.04. The summed E-state index contributed by atoms with van der Waals surface area (Å²) in [5, 5.41) is 6.56. The second-order valence-corrected chi connectivity index (χ2v) is 7.49. The molecule has 1 amide bonds. The molecule has 0 spiro atoms. The van der Waals surface area contributed by atoms with Crippen LogP contribution in [0.3, 0.4) is 0 Å². The normalized spacial score (nSPS) is 23.6. The maximum atomic E-state index is 12.1. The highest BCUT2D eigenvalue weighted by atomic mass is 16.2. The van der Waals surface area contributed by atoms with Crippen molar-refractivity contribution in [1.82, 2.24) is 10.6 Å². The van der Waals surface area contributed by atoms with Crippen LogP contribution >= 0.6 is 0 Å². The third kappa shape index (κ3) is 2.71. The Kier molecular flexibility index (Phi) is 3.89. The van der Waals surface area contributed by atoms with E-state index in [9.17, 15) is 4.79 Å². The summed E-state index contributed by atoms with van der Waals surface area (Å²) in [7, 11) is 0. The Labute approximate surface area is 112 Å². The van der Waals surface area contributed by atoms with Crippen molar-refractivity contribution in [3.63, 3.8) is 0 Å². The second kappa shape index (κ2) is 4.52. The topological polar surface area (TPSA) is 41.1 Å². The predicted molar refractivity (Wildman–Crippen MR) is 76.5 cm³/mol.